The third-order valence-electron chi connectivity index (χ3n) is 1.55. The van der Waals surface area contributed by atoms with Crippen molar-refractivity contribution < 1.29 is 18.0 Å². The fraction of sp³-hybridized carbons (Fsp3) is 0.125. The molecule has 0 aromatic carbocycles. The second kappa shape index (κ2) is 4.28. The van der Waals surface area contributed by atoms with Crippen molar-refractivity contribution in [3.8, 4) is 6.07 Å². The number of rotatable bonds is 2. The van der Waals surface area contributed by atoms with Crippen LogP contribution in [0.3, 0.4) is 0 Å². The molecule has 0 bridgehead atoms. The summed E-state index contributed by atoms with van der Waals surface area (Å²) >= 11 is 4.95. The summed E-state index contributed by atoms with van der Waals surface area (Å²) in [6.45, 7) is 0. The van der Waals surface area contributed by atoms with E-state index >= 15 is 0 Å². The van der Waals surface area contributed by atoms with Gasteiger partial charge in [-0.25, -0.2) is 13.8 Å². The minimum absolute atomic E-state index is 0.599. The Kier molecular flexibility index (Phi) is 3.27. The lowest BCUT2D eigenvalue weighted by molar-refractivity contribution is 0.107. The van der Waals surface area contributed by atoms with E-state index in [1.165, 1.54) is 6.07 Å². The SMILES string of the molecule is N#Cc1c(C(F)F)cc(C(=O)Cl)nc1F. The van der Waals surface area contributed by atoms with E-state index in [-0.39, 0.29) is 0 Å². The Bertz CT molecular complexity index is 456. The maximum absolute atomic E-state index is 13.0. The second-order valence-corrected chi connectivity index (χ2v) is 2.79. The van der Waals surface area contributed by atoms with E-state index in [0.29, 0.717) is 6.07 Å². The summed E-state index contributed by atoms with van der Waals surface area (Å²) in [4.78, 5) is 13.6. The highest BCUT2D eigenvalue weighted by atomic mass is 35.5. The fourth-order valence-corrected chi connectivity index (χ4v) is 1.01. The molecule has 0 amide bonds. The lowest BCUT2D eigenvalue weighted by atomic mass is 10.1. The predicted molar refractivity (Wildman–Crippen MR) is 44.1 cm³/mol. The Morgan fingerprint density at radius 3 is 2.60 bits per heavy atom. The van der Waals surface area contributed by atoms with Gasteiger partial charge in [0.1, 0.15) is 17.3 Å². The van der Waals surface area contributed by atoms with Gasteiger partial charge in [-0.3, -0.25) is 4.79 Å². The van der Waals surface area contributed by atoms with Crippen LogP contribution in [0.25, 0.3) is 0 Å². The molecule has 0 radical (unpaired) electrons. The van der Waals surface area contributed by atoms with Crippen LogP contribution in [0, 0.1) is 17.3 Å². The smallest absolute Gasteiger partial charge is 0.270 e. The highest BCUT2D eigenvalue weighted by molar-refractivity contribution is 6.67. The summed E-state index contributed by atoms with van der Waals surface area (Å²) in [6.07, 6.45) is -3.08. The third-order valence-corrected chi connectivity index (χ3v) is 1.75. The average molecular weight is 235 g/mol. The molecule has 1 aromatic heterocycles. The number of pyridine rings is 1. The van der Waals surface area contributed by atoms with Gasteiger partial charge in [0.15, 0.2) is 0 Å². The van der Waals surface area contributed by atoms with Crippen molar-refractivity contribution in [2.24, 2.45) is 0 Å². The van der Waals surface area contributed by atoms with E-state index in [1.807, 2.05) is 0 Å². The monoisotopic (exact) mass is 234 g/mol. The molecule has 0 aliphatic rings. The largest absolute Gasteiger partial charge is 0.274 e. The number of nitrogens with zero attached hydrogens (tertiary/aromatic N) is 2. The first-order valence-corrected chi connectivity index (χ1v) is 3.93. The number of carbonyl (C=O) groups is 1. The van der Waals surface area contributed by atoms with Gasteiger partial charge in [0, 0.05) is 5.56 Å². The summed E-state index contributed by atoms with van der Waals surface area (Å²) in [7, 11) is 0. The van der Waals surface area contributed by atoms with Crippen molar-refractivity contribution in [2.45, 2.75) is 6.43 Å². The molecule has 15 heavy (non-hydrogen) atoms. The Morgan fingerprint density at radius 2 is 2.20 bits per heavy atom. The number of halogens is 4. The Morgan fingerprint density at radius 1 is 1.60 bits per heavy atom. The molecule has 0 aliphatic heterocycles. The first kappa shape index (κ1) is 11.5. The zero-order chi connectivity index (χ0) is 11.6. The van der Waals surface area contributed by atoms with Gasteiger partial charge in [-0.15, -0.1) is 0 Å². The van der Waals surface area contributed by atoms with Crippen LogP contribution in [0.2, 0.25) is 0 Å². The molecule has 0 atom stereocenters. The van der Waals surface area contributed by atoms with Gasteiger partial charge in [-0.2, -0.15) is 9.65 Å². The first-order chi connectivity index (χ1) is 6.97. The normalized spacial score (nSPS) is 10.1. The van der Waals surface area contributed by atoms with E-state index in [9.17, 15) is 18.0 Å². The molecular weight excluding hydrogens is 233 g/mol. The molecule has 0 aliphatic carbocycles. The van der Waals surface area contributed by atoms with Crippen LogP contribution in [0.15, 0.2) is 6.07 Å². The van der Waals surface area contributed by atoms with Crippen LogP contribution < -0.4 is 0 Å². The van der Waals surface area contributed by atoms with Crippen molar-refractivity contribution in [1.29, 1.82) is 5.26 Å². The fourth-order valence-electron chi connectivity index (χ4n) is 0.916. The van der Waals surface area contributed by atoms with Crippen LogP contribution in [-0.2, 0) is 0 Å². The van der Waals surface area contributed by atoms with E-state index in [4.69, 9.17) is 16.9 Å². The van der Waals surface area contributed by atoms with Gasteiger partial charge in [0.05, 0.1) is 0 Å². The van der Waals surface area contributed by atoms with Crippen molar-refractivity contribution in [3.05, 3.63) is 28.8 Å². The van der Waals surface area contributed by atoms with Crippen molar-refractivity contribution in [1.82, 2.24) is 4.98 Å². The standard InChI is InChI=1S/C8H2ClF3N2O/c9-6(15)5-1-3(7(10)11)4(2-13)8(12)14-5/h1,7H. The van der Waals surface area contributed by atoms with E-state index in [2.05, 4.69) is 4.98 Å². The minimum Gasteiger partial charge on any atom is -0.274 e. The van der Waals surface area contributed by atoms with Gasteiger partial charge in [-0.1, -0.05) is 0 Å². The second-order valence-electron chi connectivity index (χ2n) is 2.45. The van der Waals surface area contributed by atoms with Crippen molar-refractivity contribution >= 4 is 16.8 Å². The van der Waals surface area contributed by atoms with E-state index in [0.717, 1.165) is 0 Å². The van der Waals surface area contributed by atoms with Crippen LogP contribution in [-0.4, -0.2) is 10.2 Å². The molecule has 3 nitrogen and oxygen atoms in total. The number of carbonyl (C=O) groups excluding carboxylic acids is 1. The molecule has 78 valence electrons. The summed E-state index contributed by atoms with van der Waals surface area (Å²) in [5.41, 5.74) is -2.43. The maximum atomic E-state index is 13.0. The quantitative estimate of drug-likeness (QED) is 0.583. The van der Waals surface area contributed by atoms with E-state index < -0.39 is 34.4 Å². The number of hydrogen-bond donors (Lipinski definition) is 0. The number of alkyl halides is 2. The Hall–Kier alpha value is -1.61. The van der Waals surface area contributed by atoms with Gasteiger partial charge >= 0.3 is 0 Å². The maximum Gasteiger partial charge on any atom is 0.270 e. The molecule has 7 heteroatoms. The van der Waals surface area contributed by atoms with Crippen LogP contribution in [0.4, 0.5) is 13.2 Å². The summed E-state index contributed by atoms with van der Waals surface area (Å²) in [5.74, 6) is -1.43. The van der Waals surface area contributed by atoms with Crippen LogP contribution in [0.1, 0.15) is 28.0 Å². The highest BCUT2D eigenvalue weighted by Crippen LogP contribution is 2.24. The molecule has 1 aromatic rings. The first-order valence-electron chi connectivity index (χ1n) is 3.56. The lowest BCUT2D eigenvalue weighted by Gasteiger charge is -2.04. The molecule has 1 rings (SSSR count). The molecule has 0 unspecified atom stereocenters. The number of aromatic nitrogens is 1. The highest BCUT2D eigenvalue weighted by Gasteiger charge is 2.21. The van der Waals surface area contributed by atoms with Gasteiger partial charge in [-0.05, 0) is 17.7 Å². The predicted octanol–water partition coefficient (Wildman–Crippen LogP) is 2.41. The summed E-state index contributed by atoms with van der Waals surface area (Å²) in [6, 6.07) is 1.84. The van der Waals surface area contributed by atoms with E-state index in [1.54, 1.807) is 0 Å². The van der Waals surface area contributed by atoms with Gasteiger partial charge in [0.2, 0.25) is 5.95 Å². The zero-order valence-corrected chi connectivity index (χ0v) is 7.73. The minimum atomic E-state index is -3.08. The molecular formula is C8H2ClF3N2O. The number of hydrogen-bond acceptors (Lipinski definition) is 3. The summed E-state index contributed by atoms with van der Waals surface area (Å²) in [5, 5.41) is 7.23. The van der Waals surface area contributed by atoms with Gasteiger partial charge in [0.25, 0.3) is 11.7 Å². The van der Waals surface area contributed by atoms with Crippen LogP contribution >= 0.6 is 11.6 Å². The molecule has 0 N–H and O–H groups in total. The van der Waals surface area contributed by atoms with Crippen molar-refractivity contribution in [2.75, 3.05) is 0 Å². The molecule has 1 heterocycles. The Labute approximate surface area is 87.1 Å². The average Bonchev–Trinajstić information content (AvgIpc) is 2.16. The molecule has 0 fully saturated rings. The molecule has 0 saturated carbocycles. The zero-order valence-electron chi connectivity index (χ0n) is 6.97. The lowest BCUT2D eigenvalue weighted by Crippen LogP contribution is -2.04. The Balaban J connectivity index is 3.47. The topological polar surface area (TPSA) is 53.8 Å². The van der Waals surface area contributed by atoms with Crippen LogP contribution in [0.5, 0.6) is 0 Å². The summed E-state index contributed by atoms with van der Waals surface area (Å²) < 4.78 is 37.6. The molecule has 0 saturated heterocycles. The number of nitriles is 1. The van der Waals surface area contributed by atoms with Gasteiger partial charge < -0.3 is 0 Å². The molecule has 0 spiro atoms. The van der Waals surface area contributed by atoms with Crippen molar-refractivity contribution in [3.63, 3.8) is 0 Å². The third kappa shape index (κ3) is 2.25.